The van der Waals surface area contributed by atoms with Gasteiger partial charge in [-0.05, 0) is 25.1 Å². The summed E-state index contributed by atoms with van der Waals surface area (Å²) < 4.78 is 12.8. The van der Waals surface area contributed by atoms with Crippen LogP contribution in [0.25, 0.3) is 0 Å². The first kappa shape index (κ1) is 20.4. The molecule has 0 bridgehead atoms. The molecular formula is C28H24O3. The molecule has 4 rings (SSSR count). The molecule has 0 N–H and O–H groups in total. The Morgan fingerprint density at radius 1 is 0.677 bits per heavy atom. The lowest BCUT2D eigenvalue weighted by atomic mass is 9.80. The van der Waals surface area contributed by atoms with Crippen LogP contribution in [0.3, 0.4) is 0 Å². The van der Waals surface area contributed by atoms with Crippen LogP contribution in [0.4, 0.5) is 0 Å². The molecule has 154 valence electrons. The third-order valence-corrected chi connectivity index (χ3v) is 5.21. The first-order chi connectivity index (χ1) is 15.3. The minimum absolute atomic E-state index is 0.492. The molecule has 3 nitrogen and oxygen atoms in total. The van der Waals surface area contributed by atoms with Gasteiger partial charge in [0, 0.05) is 22.3 Å². The van der Waals surface area contributed by atoms with Gasteiger partial charge in [0.25, 0.3) is 0 Å². The molecule has 0 amide bonds. The van der Waals surface area contributed by atoms with Crippen molar-refractivity contribution >= 4 is 6.29 Å². The minimum Gasteiger partial charge on any atom is -0.490 e. The maximum Gasteiger partial charge on any atom is 0.184 e. The van der Waals surface area contributed by atoms with Crippen molar-refractivity contribution in [3.8, 4) is 11.5 Å². The largest absolute Gasteiger partial charge is 0.490 e. The molecule has 0 aliphatic rings. The van der Waals surface area contributed by atoms with E-state index in [1.807, 2.05) is 61.5 Å². The Morgan fingerprint density at radius 2 is 1.16 bits per heavy atom. The maximum absolute atomic E-state index is 11.5. The topological polar surface area (TPSA) is 35.5 Å². The predicted octanol–water partition coefficient (Wildman–Crippen LogP) is 6.27. The Kier molecular flexibility index (Phi) is 6.13. The Balaban J connectivity index is 2.01. The van der Waals surface area contributed by atoms with Gasteiger partial charge in [-0.2, -0.15) is 0 Å². The molecule has 0 radical (unpaired) electrons. The van der Waals surface area contributed by atoms with Crippen LogP contribution in [0.1, 0.15) is 34.0 Å². The zero-order valence-electron chi connectivity index (χ0n) is 17.4. The van der Waals surface area contributed by atoms with E-state index < -0.39 is 5.60 Å². The van der Waals surface area contributed by atoms with Crippen LogP contribution >= 0.6 is 0 Å². The van der Waals surface area contributed by atoms with E-state index in [0.717, 1.165) is 23.0 Å². The second-order valence-electron chi connectivity index (χ2n) is 7.14. The molecule has 31 heavy (non-hydrogen) atoms. The summed E-state index contributed by atoms with van der Waals surface area (Å²) in [7, 11) is 0. The van der Waals surface area contributed by atoms with Crippen molar-refractivity contribution < 1.29 is 14.3 Å². The number of aldehydes is 1. The third-order valence-electron chi connectivity index (χ3n) is 5.21. The van der Waals surface area contributed by atoms with Crippen LogP contribution < -0.4 is 9.47 Å². The van der Waals surface area contributed by atoms with E-state index in [4.69, 9.17) is 9.47 Å². The van der Waals surface area contributed by atoms with Crippen LogP contribution in [-0.4, -0.2) is 12.9 Å². The summed E-state index contributed by atoms with van der Waals surface area (Å²) >= 11 is 0. The van der Waals surface area contributed by atoms with Crippen molar-refractivity contribution in [2.75, 3.05) is 6.61 Å². The molecule has 0 saturated heterocycles. The second kappa shape index (κ2) is 9.31. The van der Waals surface area contributed by atoms with Crippen molar-refractivity contribution in [2.24, 2.45) is 0 Å². The summed E-state index contributed by atoms with van der Waals surface area (Å²) in [5, 5.41) is 0. The standard InChI is InChI=1S/C28H24O3/c1-2-30-26-19-18-22(21-29)20-27(26)31-28(23-12-6-3-7-13-23,24-14-8-4-9-15-24)25-16-10-5-11-17-25/h3-21H,2H2,1H3. The smallest absolute Gasteiger partial charge is 0.184 e. The Morgan fingerprint density at radius 3 is 1.58 bits per heavy atom. The van der Waals surface area contributed by atoms with Gasteiger partial charge in [-0.15, -0.1) is 0 Å². The number of carbonyl (C=O) groups is 1. The van der Waals surface area contributed by atoms with E-state index in [-0.39, 0.29) is 0 Å². The molecule has 0 saturated carbocycles. The molecule has 4 aromatic rings. The highest BCUT2D eigenvalue weighted by molar-refractivity contribution is 5.76. The van der Waals surface area contributed by atoms with Gasteiger partial charge in [-0.1, -0.05) is 91.0 Å². The molecular weight excluding hydrogens is 384 g/mol. The van der Waals surface area contributed by atoms with Crippen molar-refractivity contribution in [3.63, 3.8) is 0 Å². The van der Waals surface area contributed by atoms with Crippen molar-refractivity contribution in [3.05, 3.63) is 131 Å². The Bertz CT molecular complexity index is 1030. The van der Waals surface area contributed by atoms with E-state index in [9.17, 15) is 4.79 Å². The molecule has 0 atom stereocenters. The molecule has 0 aromatic heterocycles. The second-order valence-corrected chi connectivity index (χ2v) is 7.14. The highest BCUT2D eigenvalue weighted by atomic mass is 16.5. The van der Waals surface area contributed by atoms with Crippen LogP contribution in [-0.2, 0) is 5.60 Å². The molecule has 0 fully saturated rings. The van der Waals surface area contributed by atoms with E-state index in [2.05, 4.69) is 36.4 Å². The Labute approximate surface area is 182 Å². The summed E-state index contributed by atoms with van der Waals surface area (Å²) in [4.78, 5) is 11.5. The first-order valence-corrected chi connectivity index (χ1v) is 10.4. The number of ether oxygens (including phenoxy) is 2. The van der Waals surface area contributed by atoms with E-state index >= 15 is 0 Å². The lowest BCUT2D eigenvalue weighted by molar-refractivity contribution is 0.112. The molecule has 0 spiro atoms. The van der Waals surface area contributed by atoms with Crippen LogP contribution in [0.15, 0.2) is 109 Å². The number of benzene rings is 4. The van der Waals surface area contributed by atoms with Gasteiger partial charge in [0.1, 0.15) is 6.29 Å². The van der Waals surface area contributed by atoms with Gasteiger partial charge in [0.2, 0.25) is 0 Å². The quantitative estimate of drug-likeness (QED) is 0.255. The normalized spacial score (nSPS) is 11.0. The Hall–Kier alpha value is -3.85. The average Bonchev–Trinajstić information content (AvgIpc) is 2.85. The van der Waals surface area contributed by atoms with Gasteiger partial charge in [-0.3, -0.25) is 4.79 Å². The van der Waals surface area contributed by atoms with Gasteiger partial charge in [0.15, 0.2) is 17.1 Å². The van der Waals surface area contributed by atoms with Gasteiger partial charge in [0.05, 0.1) is 6.61 Å². The fraction of sp³-hybridized carbons (Fsp3) is 0.107. The summed E-state index contributed by atoms with van der Waals surface area (Å²) in [5.74, 6) is 1.11. The zero-order valence-corrected chi connectivity index (χ0v) is 17.4. The van der Waals surface area contributed by atoms with Crippen molar-refractivity contribution in [1.29, 1.82) is 0 Å². The van der Waals surface area contributed by atoms with Crippen LogP contribution in [0.5, 0.6) is 11.5 Å². The SMILES string of the molecule is CCOc1ccc(C=O)cc1OC(c1ccccc1)(c1ccccc1)c1ccccc1. The summed E-state index contributed by atoms with van der Waals surface area (Å²) in [5.41, 5.74) is 2.53. The van der Waals surface area contributed by atoms with E-state index in [1.54, 1.807) is 18.2 Å². The van der Waals surface area contributed by atoms with Crippen molar-refractivity contribution in [1.82, 2.24) is 0 Å². The monoisotopic (exact) mass is 408 g/mol. The van der Waals surface area contributed by atoms with Gasteiger partial charge >= 0.3 is 0 Å². The summed E-state index contributed by atoms with van der Waals surface area (Å²) in [6.45, 7) is 2.42. The summed E-state index contributed by atoms with van der Waals surface area (Å²) in [6.07, 6.45) is 0.817. The highest BCUT2D eigenvalue weighted by Crippen LogP contribution is 2.43. The molecule has 0 aliphatic carbocycles. The molecule has 3 heteroatoms. The predicted molar refractivity (Wildman–Crippen MR) is 123 cm³/mol. The van der Waals surface area contributed by atoms with Crippen molar-refractivity contribution in [2.45, 2.75) is 12.5 Å². The van der Waals surface area contributed by atoms with E-state index in [1.165, 1.54) is 0 Å². The molecule has 0 unspecified atom stereocenters. The van der Waals surface area contributed by atoms with Crippen LogP contribution in [0, 0.1) is 0 Å². The number of hydrogen-bond donors (Lipinski definition) is 0. The molecule has 0 aliphatic heterocycles. The third kappa shape index (κ3) is 4.08. The maximum atomic E-state index is 11.5. The number of rotatable bonds is 8. The fourth-order valence-electron chi connectivity index (χ4n) is 3.81. The lowest BCUT2D eigenvalue weighted by Gasteiger charge is -2.36. The summed E-state index contributed by atoms with van der Waals surface area (Å²) in [6, 6.07) is 35.6. The lowest BCUT2D eigenvalue weighted by Crippen LogP contribution is -2.36. The van der Waals surface area contributed by atoms with Gasteiger partial charge in [-0.25, -0.2) is 0 Å². The van der Waals surface area contributed by atoms with Crippen LogP contribution in [0.2, 0.25) is 0 Å². The highest BCUT2D eigenvalue weighted by Gasteiger charge is 2.39. The zero-order chi connectivity index (χ0) is 21.5. The fourth-order valence-corrected chi connectivity index (χ4v) is 3.81. The number of carbonyl (C=O) groups excluding carboxylic acids is 1. The minimum atomic E-state index is -0.933. The first-order valence-electron chi connectivity index (χ1n) is 10.4. The average molecular weight is 408 g/mol. The van der Waals surface area contributed by atoms with Gasteiger partial charge < -0.3 is 9.47 Å². The number of hydrogen-bond acceptors (Lipinski definition) is 3. The molecule has 0 heterocycles. The van der Waals surface area contributed by atoms with E-state index in [0.29, 0.717) is 23.7 Å². The molecule has 4 aromatic carbocycles.